The average Bonchev–Trinajstić information content (AvgIpc) is 3.27. The van der Waals surface area contributed by atoms with Gasteiger partial charge < -0.3 is 14.2 Å². The molecule has 0 unspecified atom stereocenters. The molecule has 10 nitrogen and oxygen atoms in total. The van der Waals surface area contributed by atoms with Crippen molar-refractivity contribution in [1.82, 2.24) is 14.8 Å². The van der Waals surface area contributed by atoms with Crippen LogP contribution in [0.1, 0.15) is 28.4 Å². The van der Waals surface area contributed by atoms with Gasteiger partial charge in [-0.05, 0) is 50.1 Å². The van der Waals surface area contributed by atoms with Crippen LogP contribution in [0.4, 0.5) is 5.82 Å². The van der Waals surface area contributed by atoms with Crippen molar-refractivity contribution in [2.75, 3.05) is 25.5 Å². The number of aromatic nitrogens is 3. The van der Waals surface area contributed by atoms with E-state index in [1.165, 1.54) is 43.3 Å². The number of para-hydroxylation sites is 1. The van der Waals surface area contributed by atoms with Crippen LogP contribution >= 0.6 is 0 Å². The number of nitrogens with zero attached hydrogens (tertiary/aromatic N) is 3. The maximum absolute atomic E-state index is 13.4. The first kappa shape index (κ1) is 25.0. The second kappa shape index (κ2) is 9.86. The molecule has 0 aliphatic carbocycles. The Balaban J connectivity index is 1.87. The Labute approximate surface area is 208 Å². The van der Waals surface area contributed by atoms with Crippen molar-refractivity contribution in [1.29, 1.82) is 0 Å². The van der Waals surface area contributed by atoms with Gasteiger partial charge in [0.25, 0.3) is 10.0 Å². The van der Waals surface area contributed by atoms with Crippen LogP contribution in [0.3, 0.4) is 0 Å². The third kappa shape index (κ3) is 4.57. The van der Waals surface area contributed by atoms with E-state index in [9.17, 15) is 13.2 Å². The molecule has 2 aromatic carbocycles. The number of hydrogen-bond acceptors (Lipinski definition) is 8. The molecule has 4 aromatic rings. The number of carbonyl (C=O) groups excluding carboxylic acids is 1. The molecule has 2 heterocycles. The zero-order valence-corrected chi connectivity index (χ0v) is 21.3. The molecule has 0 amide bonds. The molecule has 0 radical (unpaired) electrons. The van der Waals surface area contributed by atoms with Crippen LogP contribution in [0.25, 0.3) is 16.7 Å². The number of benzene rings is 2. The van der Waals surface area contributed by atoms with Crippen LogP contribution in [-0.2, 0) is 14.8 Å². The fraction of sp³-hybridized carbons (Fsp3) is 0.240. The number of aryl methyl sites for hydroxylation is 2. The standard InChI is InChI=1S/C25H26N4O6S/c1-6-35-25(30)19-14-26-29(22-12-16(3)18-9-7-8-15(2)23(18)27-22)24(19)28-36(31,32)17-10-11-20(33-4)21(13-17)34-5/h7-14,28H,6H2,1-5H3. The molecule has 0 saturated heterocycles. The predicted octanol–water partition coefficient (Wildman–Crippen LogP) is 4.03. The maximum Gasteiger partial charge on any atom is 0.343 e. The molecule has 36 heavy (non-hydrogen) atoms. The minimum Gasteiger partial charge on any atom is -0.493 e. The number of sulfonamides is 1. The van der Waals surface area contributed by atoms with Gasteiger partial charge in [-0.3, -0.25) is 4.72 Å². The van der Waals surface area contributed by atoms with E-state index in [1.54, 1.807) is 13.0 Å². The Bertz CT molecular complexity index is 1560. The van der Waals surface area contributed by atoms with Gasteiger partial charge in [-0.1, -0.05) is 18.2 Å². The van der Waals surface area contributed by atoms with E-state index in [2.05, 4.69) is 9.82 Å². The number of carbonyl (C=O) groups is 1. The van der Waals surface area contributed by atoms with Crippen molar-refractivity contribution in [3.63, 3.8) is 0 Å². The number of fused-ring (bicyclic) bond motifs is 1. The summed E-state index contributed by atoms with van der Waals surface area (Å²) in [6.45, 7) is 5.63. The van der Waals surface area contributed by atoms with Gasteiger partial charge in [0.2, 0.25) is 0 Å². The molecule has 0 aliphatic rings. The maximum atomic E-state index is 13.4. The third-order valence-corrected chi connectivity index (χ3v) is 6.95. The monoisotopic (exact) mass is 510 g/mol. The highest BCUT2D eigenvalue weighted by Crippen LogP contribution is 2.32. The van der Waals surface area contributed by atoms with E-state index < -0.39 is 16.0 Å². The van der Waals surface area contributed by atoms with Crippen LogP contribution < -0.4 is 14.2 Å². The smallest absolute Gasteiger partial charge is 0.343 e. The summed E-state index contributed by atoms with van der Waals surface area (Å²) in [7, 11) is -1.32. The van der Waals surface area contributed by atoms with Crippen molar-refractivity contribution in [2.24, 2.45) is 0 Å². The van der Waals surface area contributed by atoms with E-state index in [-0.39, 0.29) is 28.6 Å². The number of anilines is 1. The normalized spacial score (nSPS) is 11.4. The zero-order chi connectivity index (χ0) is 26.0. The summed E-state index contributed by atoms with van der Waals surface area (Å²) in [5.74, 6) is 0.141. The fourth-order valence-electron chi connectivity index (χ4n) is 3.80. The lowest BCUT2D eigenvalue weighted by molar-refractivity contribution is 0.0527. The fourth-order valence-corrected chi connectivity index (χ4v) is 4.88. The number of hydrogen-bond donors (Lipinski definition) is 1. The molecule has 11 heteroatoms. The minimum atomic E-state index is -4.19. The number of methoxy groups -OCH3 is 2. The van der Waals surface area contributed by atoms with Crippen LogP contribution in [0.5, 0.6) is 11.5 Å². The average molecular weight is 511 g/mol. The summed E-state index contributed by atoms with van der Waals surface area (Å²) in [6.07, 6.45) is 1.25. The second-order valence-corrected chi connectivity index (χ2v) is 9.61. The summed E-state index contributed by atoms with van der Waals surface area (Å²) < 4.78 is 46.1. The summed E-state index contributed by atoms with van der Waals surface area (Å²) in [5.41, 5.74) is 2.56. The Morgan fingerprint density at radius 3 is 2.47 bits per heavy atom. The molecule has 0 spiro atoms. The second-order valence-electron chi connectivity index (χ2n) is 7.93. The number of pyridine rings is 1. The molecule has 1 N–H and O–H groups in total. The van der Waals surface area contributed by atoms with Crippen LogP contribution in [0, 0.1) is 13.8 Å². The van der Waals surface area contributed by atoms with Crippen LogP contribution in [0.15, 0.2) is 53.6 Å². The number of ether oxygens (including phenoxy) is 3. The molecule has 0 atom stereocenters. The topological polar surface area (TPSA) is 122 Å². The van der Waals surface area contributed by atoms with Crippen molar-refractivity contribution in [2.45, 2.75) is 25.7 Å². The van der Waals surface area contributed by atoms with Crippen molar-refractivity contribution in [3.8, 4) is 17.3 Å². The molecular formula is C25H26N4O6S. The van der Waals surface area contributed by atoms with Crippen LogP contribution in [-0.4, -0.2) is 50.0 Å². The SMILES string of the molecule is CCOC(=O)c1cnn(-c2cc(C)c3cccc(C)c3n2)c1NS(=O)(=O)c1ccc(OC)c(OC)c1. The Morgan fingerprint density at radius 2 is 1.78 bits per heavy atom. The van der Waals surface area contributed by atoms with Crippen LogP contribution in [0.2, 0.25) is 0 Å². The molecule has 0 saturated carbocycles. The first-order chi connectivity index (χ1) is 17.2. The minimum absolute atomic E-state index is 0.0507. The van der Waals surface area contributed by atoms with E-state index in [4.69, 9.17) is 19.2 Å². The molecule has 0 fully saturated rings. The lowest BCUT2D eigenvalue weighted by atomic mass is 10.1. The number of nitrogens with one attached hydrogen (secondary N) is 1. The first-order valence-corrected chi connectivity index (χ1v) is 12.6. The zero-order valence-electron chi connectivity index (χ0n) is 20.5. The summed E-state index contributed by atoms with van der Waals surface area (Å²) >= 11 is 0. The van der Waals surface area contributed by atoms with E-state index in [0.29, 0.717) is 11.6 Å². The molecule has 0 bridgehead atoms. The highest BCUT2D eigenvalue weighted by atomic mass is 32.2. The van der Waals surface area contributed by atoms with E-state index in [0.717, 1.165) is 22.0 Å². The highest BCUT2D eigenvalue weighted by molar-refractivity contribution is 7.92. The number of rotatable bonds is 8. The molecule has 4 rings (SSSR count). The van der Waals surface area contributed by atoms with Crippen molar-refractivity contribution < 1.29 is 27.4 Å². The third-order valence-electron chi connectivity index (χ3n) is 5.61. The molecule has 2 aromatic heterocycles. The first-order valence-electron chi connectivity index (χ1n) is 11.1. The Kier molecular flexibility index (Phi) is 6.84. The molecular weight excluding hydrogens is 484 g/mol. The predicted molar refractivity (Wildman–Crippen MR) is 135 cm³/mol. The largest absolute Gasteiger partial charge is 0.493 e. The van der Waals surface area contributed by atoms with Gasteiger partial charge in [0.05, 0.1) is 37.4 Å². The lowest BCUT2D eigenvalue weighted by Crippen LogP contribution is -2.19. The van der Waals surface area contributed by atoms with Gasteiger partial charge in [0.1, 0.15) is 5.56 Å². The van der Waals surface area contributed by atoms with Gasteiger partial charge >= 0.3 is 5.97 Å². The number of esters is 1. The van der Waals surface area contributed by atoms with Gasteiger partial charge in [-0.25, -0.2) is 18.2 Å². The Morgan fingerprint density at radius 1 is 1.03 bits per heavy atom. The van der Waals surface area contributed by atoms with Gasteiger partial charge in [-0.15, -0.1) is 0 Å². The lowest BCUT2D eigenvalue weighted by Gasteiger charge is -2.15. The van der Waals surface area contributed by atoms with Crippen molar-refractivity contribution >= 4 is 32.7 Å². The quantitative estimate of drug-likeness (QED) is 0.353. The summed E-state index contributed by atoms with van der Waals surface area (Å²) in [5, 5.41) is 5.25. The van der Waals surface area contributed by atoms with Gasteiger partial charge in [0, 0.05) is 11.5 Å². The summed E-state index contributed by atoms with van der Waals surface area (Å²) in [4.78, 5) is 17.3. The molecule has 188 valence electrons. The highest BCUT2D eigenvalue weighted by Gasteiger charge is 2.26. The summed E-state index contributed by atoms with van der Waals surface area (Å²) in [6, 6.07) is 11.8. The Hall–Kier alpha value is -4.12. The molecule has 0 aliphatic heterocycles. The van der Waals surface area contributed by atoms with E-state index in [1.807, 2.05) is 32.0 Å². The van der Waals surface area contributed by atoms with Gasteiger partial charge in [-0.2, -0.15) is 9.78 Å². The van der Waals surface area contributed by atoms with E-state index >= 15 is 0 Å². The van der Waals surface area contributed by atoms with Gasteiger partial charge in [0.15, 0.2) is 23.1 Å². The van der Waals surface area contributed by atoms with Crippen molar-refractivity contribution in [3.05, 3.63) is 65.4 Å².